The van der Waals surface area contributed by atoms with Crippen molar-refractivity contribution in [1.29, 1.82) is 0 Å². The van der Waals surface area contributed by atoms with E-state index in [1.165, 1.54) is 61.6 Å². The minimum Gasteiger partial charge on any atom is -0.292 e. The largest absolute Gasteiger partial charge is 0.292 e. The fourth-order valence-electron chi connectivity index (χ4n) is 5.70. The molecule has 188 valence electrons. The topological polar surface area (TPSA) is 17.3 Å². The molecule has 0 N–H and O–H groups in total. The van der Waals surface area contributed by atoms with Gasteiger partial charge in [-0.25, -0.2) is 4.98 Å². The van der Waals surface area contributed by atoms with Crippen molar-refractivity contribution in [3.63, 3.8) is 0 Å². The summed E-state index contributed by atoms with van der Waals surface area (Å²) in [7, 11) is 0. The van der Waals surface area contributed by atoms with E-state index in [0.29, 0.717) is 5.92 Å². The van der Waals surface area contributed by atoms with Gasteiger partial charge < -0.3 is 0 Å². The first kappa shape index (κ1) is 25.0. The zero-order valence-electron chi connectivity index (χ0n) is 23.1. The Morgan fingerprint density at radius 3 is 2.22 bits per heavy atom. The molecule has 0 saturated carbocycles. The molecule has 37 heavy (non-hydrogen) atoms. The quantitative estimate of drug-likeness (QED) is 0.232. The van der Waals surface area contributed by atoms with Crippen LogP contribution in [0.15, 0.2) is 90.1 Å². The molecule has 6 rings (SSSR count). The number of benzene rings is 3. The minimum absolute atomic E-state index is 0.600. The van der Waals surface area contributed by atoms with Gasteiger partial charge in [-0.15, -0.1) is 0 Å². The smallest absolute Gasteiger partial charge is 0.145 e. The van der Waals surface area contributed by atoms with E-state index in [4.69, 9.17) is 4.98 Å². The molecule has 0 fully saturated rings. The zero-order valence-corrected chi connectivity index (χ0v) is 23.1. The van der Waals surface area contributed by atoms with E-state index in [9.17, 15) is 0 Å². The van der Waals surface area contributed by atoms with Gasteiger partial charge in [-0.3, -0.25) is 4.40 Å². The first-order chi connectivity index (χ1) is 18.0. The molecule has 2 heterocycles. The van der Waals surface area contributed by atoms with Crippen LogP contribution >= 0.6 is 0 Å². The highest BCUT2D eigenvalue weighted by Gasteiger charge is 2.21. The lowest BCUT2D eigenvalue weighted by atomic mass is 9.86. The maximum atomic E-state index is 5.03. The number of fused-ring (bicyclic) bond motifs is 6. The maximum absolute atomic E-state index is 5.03. The average molecular weight is 487 g/mol. The van der Waals surface area contributed by atoms with E-state index in [1.807, 2.05) is 0 Å². The van der Waals surface area contributed by atoms with Crippen LogP contribution < -0.4 is 0 Å². The number of allylic oxidation sites excluding steroid dienone is 4. The third kappa shape index (κ3) is 4.39. The lowest BCUT2D eigenvalue weighted by Gasteiger charge is -2.21. The third-order valence-electron chi connectivity index (χ3n) is 7.51. The Balaban J connectivity index is 0.000000892. The number of hydrogen-bond acceptors (Lipinski definition) is 1. The van der Waals surface area contributed by atoms with Crippen LogP contribution in [0.1, 0.15) is 65.1 Å². The Kier molecular flexibility index (Phi) is 7.02. The molecule has 3 aromatic carbocycles. The average Bonchev–Trinajstić information content (AvgIpc) is 3.34. The molecule has 0 amide bonds. The number of nitrogens with zero attached hydrogens (tertiary/aromatic N) is 2. The molecule has 0 radical (unpaired) electrons. The zero-order chi connectivity index (χ0) is 26.1. The number of imidazole rings is 1. The number of rotatable bonds is 3. The van der Waals surface area contributed by atoms with Gasteiger partial charge >= 0.3 is 0 Å². The first-order valence-corrected chi connectivity index (χ1v) is 13.7. The SMILES string of the molecule is CC1=C(c2cnc3c4cccc(-c5ccccc5C)c4c4ccccc4n23)CCC(C(C)C)=C1.CCC. The number of pyridine rings is 1. The van der Waals surface area contributed by atoms with Crippen molar-refractivity contribution in [2.75, 3.05) is 0 Å². The number of hydrogen-bond donors (Lipinski definition) is 0. The molecule has 2 nitrogen and oxygen atoms in total. The molecule has 1 aliphatic rings. The Morgan fingerprint density at radius 1 is 0.811 bits per heavy atom. The van der Waals surface area contributed by atoms with Crippen LogP contribution in [0.25, 0.3) is 44.0 Å². The van der Waals surface area contributed by atoms with Gasteiger partial charge in [0.2, 0.25) is 0 Å². The van der Waals surface area contributed by atoms with Crippen LogP contribution in [0, 0.1) is 12.8 Å². The van der Waals surface area contributed by atoms with E-state index < -0.39 is 0 Å². The second-order valence-electron chi connectivity index (χ2n) is 10.6. The normalized spacial score (nSPS) is 13.9. The van der Waals surface area contributed by atoms with Crippen molar-refractivity contribution in [2.45, 2.75) is 60.8 Å². The van der Waals surface area contributed by atoms with Crippen molar-refractivity contribution in [2.24, 2.45) is 5.92 Å². The van der Waals surface area contributed by atoms with Crippen molar-refractivity contribution >= 4 is 32.9 Å². The molecule has 0 spiro atoms. The van der Waals surface area contributed by atoms with E-state index in [2.05, 4.69) is 125 Å². The summed E-state index contributed by atoms with van der Waals surface area (Å²) in [5, 5.41) is 3.77. The van der Waals surface area contributed by atoms with E-state index in [1.54, 1.807) is 5.57 Å². The highest BCUT2D eigenvalue weighted by Crippen LogP contribution is 2.40. The molecule has 0 bridgehead atoms. The van der Waals surface area contributed by atoms with E-state index >= 15 is 0 Å². The van der Waals surface area contributed by atoms with Crippen LogP contribution in [0.3, 0.4) is 0 Å². The Bertz CT molecular complexity index is 1660. The molecule has 1 aliphatic carbocycles. The van der Waals surface area contributed by atoms with Crippen molar-refractivity contribution in [3.8, 4) is 11.1 Å². The van der Waals surface area contributed by atoms with Gasteiger partial charge in [0.15, 0.2) is 0 Å². The molecular weight excluding hydrogens is 448 g/mol. The lowest BCUT2D eigenvalue weighted by molar-refractivity contribution is 0.709. The van der Waals surface area contributed by atoms with Crippen LogP contribution in [0.5, 0.6) is 0 Å². The molecule has 2 heteroatoms. The predicted octanol–water partition coefficient (Wildman–Crippen LogP) is 10.2. The molecular formula is C35H38N2. The fourth-order valence-corrected chi connectivity index (χ4v) is 5.70. The van der Waals surface area contributed by atoms with E-state index in [-0.39, 0.29) is 0 Å². The number of aryl methyl sites for hydroxylation is 1. The van der Waals surface area contributed by atoms with Gasteiger partial charge in [0, 0.05) is 16.2 Å². The van der Waals surface area contributed by atoms with Crippen LogP contribution in [0.2, 0.25) is 0 Å². The summed E-state index contributed by atoms with van der Waals surface area (Å²) in [6.07, 6.45) is 7.94. The van der Waals surface area contributed by atoms with Crippen LogP contribution in [-0.4, -0.2) is 9.38 Å². The van der Waals surface area contributed by atoms with Gasteiger partial charge in [-0.1, -0.05) is 106 Å². The molecule has 0 saturated heterocycles. The molecule has 5 aromatic rings. The van der Waals surface area contributed by atoms with Crippen molar-refractivity contribution in [3.05, 3.63) is 101 Å². The Hall–Kier alpha value is -3.65. The summed E-state index contributed by atoms with van der Waals surface area (Å²) < 4.78 is 2.40. The van der Waals surface area contributed by atoms with Gasteiger partial charge in [-0.2, -0.15) is 0 Å². The molecule has 0 atom stereocenters. The summed E-state index contributed by atoms with van der Waals surface area (Å²) in [5.74, 6) is 0.600. The van der Waals surface area contributed by atoms with Crippen LogP contribution in [-0.2, 0) is 0 Å². The minimum atomic E-state index is 0.600. The Morgan fingerprint density at radius 2 is 1.49 bits per heavy atom. The molecule has 0 unspecified atom stereocenters. The number of aromatic nitrogens is 2. The second kappa shape index (κ2) is 10.4. The predicted molar refractivity (Wildman–Crippen MR) is 161 cm³/mol. The standard InChI is InChI=1S/C32H30N2.C3H8/c1-20(2)23-16-17-25(22(4)18-23)30-19-33-32-28-14-9-13-26(24-11-6-5-10-21(24)3)31(28)27-12-7-8-15-29(27)34(30)32;1-3-2/h5-15,18-20H,16-17H2,1-4H3;3H2,1-2H3. The summed E-state index contributed by atoms with van der Waals surface area (Å²) >= 11 is 0. The first-order valence-electron chi connectivity index (χ1n) is 13.7. The Labute approximate surface area is 221 Å². The van der Waals surface area contributed by atoms with Gasteiger partial charge in [0.1, 0.15) is 5.65 Å². The van der Waals surface area contributed by atoms with Gasteiger partial charge in [0.05, 0.1) is 17.4 Å². The fraction of sp³-hybridized carbons (Fsp3) is 0.286. The lowest BCUT2D eigenvalue weighted by Crippen LogP contribution is -2.04. The summed E-state index contributed by atoms with van der Waals surface area (Å²) in [6.45, 7) is 13.3. The molecule has 0 aliphatic heterocycles. The number of para-hydroxylation sites is 1. The van der Waals surface area contributed by atoms with Crippen LogP contribution in [0.4, 0.5) is 0 Å². The maximum Gasteiger partial charge on any atom is 0.145 e. The summed E-state index contributed by atoms with van der Waals surface area (Å²) in [6, 6.07) is 24.1. The van der Waals surface area contributed by atoms with Gasteiger partial charge in [0.25, 0.3) is 0 Å². The highest BCUT2D eigenvalue weighted by atomic mass is 15.0. The van der Waals surface area contributed by atoms with Crippen molar-refractivity contribution in [1.82, 2.24) is 9.38 Å². The van der Waals surface area contributed by atoms with E-state index in [0.717, 1.165) is 18.5 Å². The monoisotopic (exact) mass is 486 g/mol. The van der Waals surface area contributed by atoms with Gasteiger partial charge in [-0.05, 0) is 66.5 Å². The summed E-state index contributed by atoms with van der Waals surface area (Å²) in [5.41, 5.74) is 11.7. The van der Waals surface area contributed by atoms with Crippen molar-refractivity contribution < 1.29 is 0 Å². The highest BCUT2D eigenvalue weighted by molar-refractivity contribution is 6.18. The third-order valence-corrected chi connectivity index (χ3v) is 7.51. The molecule has 2 aromatic heterocycles. The second-order valence-corrected chi connectivity index (χ2v) is 10.6. The summed E-state index contributed by atoms with van der Waals surface area (Å²) in [4.78, 5) is 5.03.